The molecule has 4 heterocycles. The maximum absolute atomic E-state index is 9.72. The van der Waals surface area contributed by atoms with Crippen molar-refractivity contribution in [3.63, 3.8) is 0 Å². The van der Waals surface area contributed by atoms with E-state index in [1.165, 1.54) is 0 Å². The van der Waals surface area contributed by atoms with Crippen LogP contribution in [0.2, 0.25) is 0 Å². The Balaban J connectivity index is 1.53. The third kappa shape index (κ3) is 4.08. The van der Waals surface area contributed by atoms with E-state index >= 15 is 0 Å². The fourth-order valence-electron chi connectivity index (χ4n) is 2.99. The first kappa shape index (κ1) is 17.8. The average molecular weight is 383 g/mol. The number of hydrogen-bond acceptors (Lipinski definition) is 8. The lowest BCUT2D eigenvalue weighted by Crippen LogP contribution is -2.20. The number of aliphatic hydroxyl groups is 2. The molecule has 1 aliphatic heterocycles. The summed E-state index contributed by atoms with van der Waals surface area (Å²) in [5.74, 6) is 1.31. The van der Waals surface area contributed by atoms with Gasteiger partial charge in [0.2, 0.25) is 0 Å². The van der Waals surface area contributed by atoms with Gasteiger partial charge in [-0.15, -0.1) is 0 Å². The molecule has 1 fully saturated rings. The SMILES string of the molecule is CC(O)c1ccnc(Nc2cccc(-c3cnc(N4CCC(O)C4)s3)n2)c1. The van der Waals surface area contributed by atoms with Crippen LogP contribution in [0.5, 0.6) is 0 Å². The quantitative estimate of drug-likeness (QED) is 0.623. The highest BCUT2D eigenvalue weighted by molar-refractivity contribution is 7.18. The minimum absolute atomic E-state index is 0.270. The molecule has 0 bridgehead atoms. The molecule has 0 saturated carbocycles. The summed E-state index contributed by atoms with van der Waals surface area (Å²) < 4.78 is 0. The molecule has 2 atom stereocenters. The van der Waals surface area contributed by atoms with Gasteiger partial charge in [0, 0.05) is 25.5 Å². The molecule has 3 N–H and O–H groups in total. The van der Waals surface area contributed by atoms with Crippen LogP contribution in [0.4, 0.5) is 16.8 Å². The highest BCUT2D eigenvalue weighted by Crippen LogP contribution is 2.32. The van der Waals surface area contributed by atoms with Crippen LogP contribution in [0.1, 0.15) is 25.0 Å². The average Bonchev–Trinajstić information content (AvgIpc) is 3.31. The largest absolute Gasteiger partial charge is 0.391 e. The molecule has 0 aromatic carbocycles. The van der Waals surface area contributed by atoms with Crippen LogP contribution < -0.4 is 10.2 Å². The highest BCUT2D eigenvalue weighted by Gasteiger charge is 2.23. The van der Waals surface area contributed by atoms with Crippen molar-refractivity contribution < 1.29 is 10.2 Å². The summed E-state index contributed by atoms with van der Waals surface area (Å²) in [6.45, 7) is 3.18. The topological polar surface area (TPSA) is 94.4 Å². The lowest BCUT2D eigenvalue weighted by atomic mass is 10.2. The van der Waals surface area contributed by atoms with Crippen molar-refractivity contribution in [3.05, 3.63) is 48.3 Å². The van der Waals surface area contributed by atoms with Gasteiger partial charge in [0.1, 0.15) is 11.6 Å². The van der Waals surface area contributed by atoms with E-state index in [9.17, 15) is 10.2 Å². The van der Waals surface area contributed by atoms with Gasteiger partial charge in [-0.25, -0.2) is 15.0 Å². The Morgan fingerprint density at radius 3 is 2.93 bits per heavy atom. The zero-order valence-corrected chi connectivity index (χ0v) is 15.7. The monoisotopic (exact) mass is 383 g/mol. The second-order valence-corrected chi connectivity index (χ2v) is 7.59. The predicted molar refractivity (Wildman–Crippen MR) is 106 cm³/mol. The number of anilines is 3. The molecule has 1 saturated heterocycles. The summed E-state index contributed by atoms with van der Waals surface area (Å²) in [5.41, 5.74) is 1.62. The van der Waals surface area contributed by atoms with Gasteiger partial charge < -0.3 is 20.4 Å². The number of β-amino-alcohol motifs (C(OH)–C–C–N with tert-alkyl or cyclic N) is 1. The van der Waals surface area contributed by atoms with Gasteiger partial charge in [-0.3, -0.25) is 0 Å². The third-order valence-electron chi connectivity index (χ3n) is 4.45. The molecule has 4 rings (SSSR count). The Morgan fingerprint density at radius 2 is 2.15 bits per heavy atom. The van der Waals surface area contributed by atoms with E-state index in [2.05, 4.69) is 25.2 Å². The minimum atomic E-state index is -0.549. The Bertz CT molecular complexity index is 930. The fourth-order valence-corrected chi connectivity index (χ4v) is 3.91. The van der Waals surface area contributed by atoms with Gasteiger partial charge in [-0.1, -0.05) is 17.4 Å². The molecule has 0 spiro atoms. The molecule has 8 heteroatoms. The van der Waals surface area contributed by atoms with Crippen molar-refractivity contribution in [2.24, 2.45) is 0 Å². The second-order valence-electron chi connectivity index (χ2n) is 6.58. The van der Waals surface area contributed by atoms with E-state index in [-0.39, 0.29) is 6.10 Å². The summed E-state index contributed by atoms with van der Waals surface area (Å²) in [5, 5.41) is 23.5. The molecule has 1 aliphatic rings. The van der Waals surface area contributed by atoms with Crippen molar-refractivity contribution in [1.29, 1.82) is 0 Å². The summed E-state index contributed by atoms with van der Waals surface area (Å²) in [7, 11) is 0. The van der Waals surface area contributed by atoms with Gasteiger partial charge in [0.05, 0.1) is 22.8 Å². The number of hydrogen-bond donors (Lipinski definition) is 3. The van der Waals surface area contributed by atoms with Crippen LogP contribution in [0.25, 0.3) is 10.6 Å². The third-order valence-corrected chi connectivity index (χ3v) is 5.53. The zero-order valence-electron chi connectivity index (χ0n) is 14.9. The summed E-state index contributed by atoms with van der Waals surface area (Å²) >= 11 is 1.57. The second kappa shape index (κ2) is 7.59. The van der Waals surface area contributed by atoms with Crippen LogP contribution in [-0.4, -0.2) is 44.4 Å². The molecular formula is C19H21N5O2S. The van der Waals surface area contributed by atoms with Crippen LogP contribution >= 0.6 is 11.3 Å². The molecule has 27 heavy (non-hydrogen) atoms. The molecule has 0 amide bonds. The fraction of sp³-hybridized carbons (Fsp3) is 0.316. The van der Waals surface area contributed by atoms with Gasteiger partial charge in [-0.2, -0.15) is 0 Å². The number of aromatic nitrogens is 3. The van der Waals surface area contributed by atoms with E-state index in [1.54, 1.807) is 30.5 Å². The van der Waals surface area contributed by atoms with Gasteiger partial charge in [0.25, 0.3) is 0 Å². The lowest BCUT2D eigenvalue weighted by molar-refractivity contribution is 0.198. The van der Waals surface area contributed by atoms with Crippen LogP contribution in [-0.2, 0) is 0 Å². The van der Waals surface area contributed by atoms with Crippen molar-refractivity contribution >= 4 is 28.1 Å². The zero-order chi connectivity index (χ0) is 18.8. The smallest absolute Gasteiger partial charge is 0.185 e. The maximum Gasteiger partial charge on any atom is 0.185 e. The Morgan fingerprint density at radius 1 is 1.26 bits per heavy atom. The van der Waals surface area contributed by atoms with Crippen molar-refractivity contribution in [2.75, 3.05) is 23.3 Å². The van der Waals surface area contributed by atoms with Crippen LogP contribution in [0, 0.1) is 0 Å². The van der Waals surface area contributed by atoms with Crippen LogP contribution in [0.3, 0.4) is 0 Å². The Labute approximate surface area is 161 Å². The van der Waals surface area contributed by atoms with Gasteiger partial charge in [0.15, 0.2) is 5.13 Å². The minimum Gasteiger partial charge on any atom is -0.391 e. The normalized spacial score (nSPS) is 17.9. The van der Waals surface area contributed by atoms with E-state index in [0.29, 0.717) is 18.2 Å². The van der Waals surface area contributed by atoms with Crippen molar-refractivity contribution in [1.82, 2.24) is 15.0 Å². The number of pyridine rings is 2. The maximum atomic E-state index is 9.72. The first-order chi connectivity index (χ1) is 13.1. The molecule has 2 unspecified atom stereocenters. The lowest BCUT2D eigenvalue weighted by Gasteiger charge is -2.12. The standard InChI is InChI=1S/C19H21N5O2S/c1-12(25)13-5-7-20-18(9-13)23-17-4-2-3-15(22-17)16-10-21-19(27-16)24-8-6-14(26)11-24/h2-5,7,9-10,12,14,25-26H,6,8,11H2,1H3,(H,20,22,23). The molecular weight excluding hydrogens is 362 g/mol. The Kier molecular flexibility index (Phi) is 5.02. The molecule has 7 nitrogen and oxygen atoms in total. The van der Waals surface area contributed by atoms with E-state index in [1.807, 2.05) is 30.5 Å². The van der Waals surface area contributed by atoms with E-state index in [4.69, 9.17) is 0 Å². The van der Waals surface area contributed by atoms with Crippen molar-refractivity contribution in [2.45, 2.75) is 25.6 Å². The molecule has 3 aromatic heterocycles. The molecule has 3 aromatic rings. The summed E-state index contributed by atoms with van der Waals surface area (Å²) in [6.07, 6.45) is 3.45. The summed E-state index contributed by atoms with van der Waals surface area (Å²) in [4.78, 5) is 16.5. The van der Waals surface area contributed by atoms with Gasteiger partial charge >= 0.3 is 0 Å². The number of aliphatic hydroxyl groups excluding tert-OH is 2. The van der Waals surface area contributed by atoms with Gasteiger partial charge in [-0.05, 0) is 43.2 Å². The number of rotatable bonds is 5. The molecule has 0 aliphatic carbocycles. The first-order valence-electron chi connectivity index (χ1n) is 8.86. The Hall–Kier alpha value is -2.55. The number of thiazole rings is 1. The van der Waals surface area contributed by atoms with E-state index < -0.39 is 6.10 Å². The van der Waals surface area contributed by atoms with Crippen molar-refractivity contribution in [3.8, 4) is 10.6 Å². The first-order valence-corrected chi connectivity index (χ1v) is 9.67. The van der Waals surface area contributed by atoms with Crippen LogP contribution in [0.15, 0.2) is 42.7 Å². The molecule has 0 radical (unpaired) electrons. The van der Waals surface area contributed by atoms with E-state index in [0.717, 1.165) is 34.2 Å². The predicted octanol–water partition coefficient (Wildman–Crippen LogP) is 2.97. The number of nitrogens with one attached hydrogen (secondary N) is 1. The summed E-state index contributed by atoms with van der Waals surface area (Å²) in [6, 6.07) is 9.35. The number of nitrogens with zero attached hydrogens (tertiary/aromatic N) is 4. The highest BCUT2D eigenvalue weighted by atomic mass is 32.1. The molecule has 140 valence electrons.